The summed E-state index contributed by atoms with van der Waals surface area (Å²) >= 11 is 0. The van der Waals surface area contributed by atoms with Gasteiger partial charge in [-0.15, -0.1) is 0 Å². The Bertz CT molecular complexity index is 743. The minimum absolute atomic E-state index is 0.250. The summed E-state index contributed by atoms with van der Waals surface area (Å²) in [5.41, 5.74) is 3.63. The smallest absolute Gasteiger partial charge is 0.0811 e. The topological polar surface area (TPSA) is 60.7 Å². The molecule has 0 saturated heterocycles. The van der Waals surface area contributed by atoms with E-state index in [4.69, 9.17) is 0 Å². The first kappa shape index (κ1) is 22.0. The fraction of sp³-hybridized carbons (Fsp3) is 0.704. The number of aliphatic hydroxyl groups is 3. The number of hydrogen-bond acceptors (Lipinski definition) is 3. The highest BCUT2D eigenvalue weighted by atomic mass is 16.3. The zero-order valence-electron chi connectivity index (χ0n) is 18.8. The number of allylic oxidation sites excluding steroid dienone is 4. The molecule has 4 aliphatic rings. The predicted octanol–water partition coefficient (Wildman–Crippen LogP) is 5.09. The first-order valence-electron chi connectivity index (χ1n) is 12.1. The molecule has 0 amide bonds. The maximum atomic E-state index is 10.2. The second-order valence-corrected chi connectivity index (χ2v) is 10.7. The van der Waals surface area contributed by atoms with Crippen LogP contribution in [0.2, 0.25) is 0 Å². The summed E-state index contributed by atoms with van der Waals surface area (Å²) in [4.78, 5) is 0. The summed E-state index contributed by atoms with van der Waals surface area (Å²) in [5.74, 6) is 2.28. The fourth-order valence-electron chi connectivity index (χ4n) is 6.63. The van der Waals surface area contributed by atoms with Crippen LogP contribution in [0.4, 0.5) is 0 Å². The van der Waals surface area contributed by atoms with E-state index in [0.717, 1.165) is 17.6 Å². The van der Waals surface area contributed by atoms with Crippen LogP contribution in [-0.2, 0) is 0 Å². The van der Waals surface area contributed by atoms with Gasteiger partial charge in [0, 0.05) is 6.42 Å². The van der Waals surface area contributed by atoms with Gasteiger partial charge < -0.3 is 15.3 Å². The number of rotatable bonds is 5. The normalized spacial score (nSPS) is 42.1. The monoisotopic (exact) mass is 412 g/mol. The fourth-order valence-corrected chi connectivity index (χ4v) is 6.63. The minimum Gasteiger partial charge on any atom is -0.393 e. The third-order valence-corrected chi connectivity index (χ3v) is 8.65. The lowest BCUT2D eigenvalue weighted by molar-refractivity contribution is 0.0862. The molecule has 0 bridgehead atoms. The van der Waals surface area contributed by atoms with E-state index in [9.17, 15) is 15.3 Å². The first-order chi connectivity index (χ1) is 14.3. The summed E-state index contributed by atoms with van der Waals surface area (Å²) in [6.45, 7) is 8.88. The molecule has 0 heterocycles. The Balaban J connectivity index is 1.48. The molecule has 0 aromatic carbocycles. The van der Waals surface area contributed by atoms with Crippen LogP contribution in [0.5, 0.6) is 0 Å². The molecule has 3 nitrogen and oxygen atoms in total. The Hall–Kier alpha value is -1.16. The Morgan fingerprint density at radius 1 is 1.10 bits per heavy atom. The molecule has 2 unspecified atom stereocenters. The van der Waals surface area contributed by atoms with Crippen molar-refractivity contribution < 1.29 is 15.3 Å². The summed E-state index contributed by atoms with van der Waals surface area (Å²) in [6, 6.07) is 0. The summed E-state index contributed by atoms with van der Waals surface area (Å²) in [6.07, 6.45) is 16.9. The van der Waals surface area contributed by atoms with Crippen LogP contribution in [0.25, 0.3) is 0 Å². The number of aliphatic hydroxyl groups excluding tert-OH is 3. The van der Waals surface area contributed by atoms with E-state index in [1.54, 1.807) is 0 Å². The van der Waals surface area contributed by atoms with E-state index in [1.807, 2.05) is 0 Å². The maximum Gasteiger partial charge on any atom is 0.0811 e. The van der Waals surface area contributed by atoms with Crippen LogP contribution in [0.15, 0.2) is 47.6 Å². The molecule has 0 aromatic rings. The van der Waals surface area contributed by atoms with E-state index >= 15 is 0 Å². The largest absolute Gasteiger partial charge is 0.393 e. The molecule has 3 N–H and O–H groups in total. The van der Waals surface area contributed by atoms with Crippen LogP contribution in [0.3, 0.4) is 0 Å². The summed E-state index contributed by atoms with van der Waals surface area (Å²) in [7, 11) is 0. The zero-order chi connectivity index (χ0) is 21.5. The second kappa shape index (κ2) is 8.76. The van der Waals surface area contributed by atoms with Gasteiger partial charge >= 0.3 is 0 Å². The molecule has 4 fully saturated rings. The van der Waals surface area contributed by atoms with Gasteiger partial charge in [0.05, 0.1) is 18.3 Å². The van der Waals surface area contributed by atoms with Crippen LogP contribution < -0.4 is 0 Å². The highest BCUT2D eigenvalue weighted by Crippen LogP contribution is 2.59. The van der Waals surface area contributed by atoms with Gasteiger partial charge in [-0.05, 0) is 91.6 Å². The Morgan fingerprint density at radius 3 is 2.60 bits per heavy atom. The average Bonchev–Trinajstić information content (AvgIpc) is 3.49. The Kier molecular flexibility index (Phi) is 6.44. The standard InChI is InChI=1S/C27H40O3/c1-17(6-13-25(29)20-8-9-20)23-11-12-24-19(5-4-14-27(23,24)3)7-10-21-15-22(28)16-26(30)18(21)2/h6-7,10,13,17,20,22-26,28-30H,2,4-5,8-9,11-12,14-16H2,1,3H3/b13-6+,19-7+,21-10-/t17-,22+,23?,24?,25+,26-,27+/m0/s1. The van der Waals surface area contributed by atoms with Gasteiger partial charge in [0.1, 0.15) is 0 Å². The number of hydrogen-bond donors (Lipinski definition) is 3. The molecule has 0 radical (unpaired) electrons. The SMILES string of the molecule is C=C1/C(=C\C=C2/CCC[C@@]3(C)C2CCC3[C@@H](C)/C=C/[C@@H](O)C2CC2)C[C@@H](O)C[C@@H]1O. The highest BCUT2D eigenvalue weighted by Gasteiger charge is 2.50. The lowest BCUT2D eigenvalue weighted by Crippen LogP contribution is -2.35. The molecular weight excluding hydrogens is 372 g/mol. The van der Waals surface area contributed by atoms with Crippen LogP contribution >= 0.6 is 0 Å². The molecule has 4 saturated carbocycles. The van der Waals surface area contributed by atoms with Crippen molar-refractivity contribution in [3.63, 3.8) is 0 Å². The maximum absolute atomic E-state index is 10.2. The Morgan fingerprint density at radius 2 is 1.87 bits per heavy atom. The molecular formula is C27H40O3. The van der Waals surface area contributed by atoms with Crippen molar-refractivity contribution in [2.24, 2.45) is 29.1 Å². The third-order valence-electron chi connectivity index (χ3n) is 8.65. The first-order valence-corrected chi connectivity index (χ1v) is 12.1. The molecule has 166 valence electrons. The van der Waals surface area contributed by atoms with Crippen molar-refractivity contribution in [2.75, 3.05) is 0 Å². The molecule has 0 spiro atoms. The average molecular weight is 413 g/mol. The van der Waals surface area contributed by atoms with E-state index in [0.29, 0.717) is 41.9 Å². The zero-order valence-corrected chi connectivity index (χ0v) is 18.8. The van der Waals surface area contributed by atoms with Gasteiger partial charge in [0.2, 0.25) is 0 Å². The predicted molar refractivity (Wildman–Crippen MR) is 122 cm³/mol. The lowest BCUT2D eigenvalue weighted by atomic mass is 9.61. The quantitative estimate of drug-likeness (QED) is 0.551. The van der Waals surface area contributed by atoms with E-state index < -0.39 is 12.2 Å². The van der Waals surface area contributed by atoms with E-state index in [1.165, 1.54) is 44.1 Å². The van der Waals surface area contributed by atoms with Crippen molar-refractivity contribution in [3.05, 3.63) is 47.6 Å². The number of fused-ring (bicyclic) bond motifs is 1. The van der Waals surface area contributed by atoms with Gasteiger partial charge in [0.25, 0.3) is 0 Å². The highest BCUT2D eigenvalue weighted by molar-refractivity contribution is 5.38. The van der Waals surface area contributed by atoms with Gasteiger partial charge in [-0.1, -0.05) is 50.3 Å². The van der Waals surface area contributed by atoms with Gasteiger partial charge in [-0.25, -0.2) is 0 Å². The van der Waals surface area contributed by atoms with Crippen molar-refractivity contribution in [3.8, 4) is 0 Å². The van der Waals surface area contributed by atoms with Gasteiger partial charge in [-0.3, -0.25) is 0 Å². The van der Waals surface area contributed by atoms with Gasteiger partial charge in [-0.2, -0.15) is 0 Å². The van der Waals surface area contributed by atoms with E-state index in [2.05, 4.69) is 44.7 Å². The molecule has 7 atom stereocenters. The van der Waals surface area contributed by atoms with Crippen molar-refractivity contribution >= 4 is 0 Å². The molecule has 0 aliphatic heterocycles. The van der Waals surface area contributed by atoms with E-state index in [-0.39, 0.29) is 6.10 Å². The summed E-state index contributed by atoms with van der Waals surface area (Å²) < 4.78 is 0. The molecule has 0 aromatic heterocycles. The molecule has 4 aliphatic carbocycles. The van der Waals surface area contributed by atoms with Crippen molar-refractivity contribution in [1.82, 2.24) is 0 Å². The van der Waals surface area contributed by atoms with Crippen LogP contribution in [0, 0.1) is 29.1 Å². The second-order valence-electron chi connectivity index (χ2n) is 10.7. The summed E-state index contributed by atoms with van der Waals surface area (Å²) in [5, 5.41) is 30.4. The lowest BCUT2D eigenvalue weighted by Gasteiger charge is -2.44. The molecule has 30 heavy (non-hydrogen) atoms. The minimum atomic E-state index is -0.621. The molecule has 3 heteroatoms. The van der Waals surface area contributed by atoms with Crippen LogP contribution in [0.1, 0.15) is 71.6 Å². The molecule has 4 rings (SSSR count). The van der Waals surface area contributed by atoms with Crippen LogP contribution in [-0.4, -0.2) is 33.6 Å². The van der Waals surface area contributed by atoms with Crippen molar-refractivity contribution in [2.45, 2.75) is 89.9 Å². The Labute approximate surface area is 182 Å². The third kappa shape index (κ3) is 4.40. The van der Waals surface area contributed by atoms with Crippen molar-refractivity contribution in [1.29, 1.82) is 0 Å². The van der Waals surface area contributed by atoms with Gasteiger partial charge in [0.15, 0.2) is 0 Å².